The number of hydrogen-bond donors (Lipinski definition) is 1. The molecule has 260 valence electrons. The van der Waals surface area contributed by atoms with Crippen LogP contribution in [0.1, 0.15) is 70.9 Å². The summed E-state index contributed by atoms with van der Waals surface area (Å²) in [6.07, 6.45) is 9.26. The van der Waals surface area contributed by atoms with Crippen molar-refractivity contribution in [3.8, 4) is 11.3 Å². The van der Waals surface area contributed by atoms with E-state index < -0.39 is 11.4 Å². The maximum Gasteiger partial charge on any atom is 0.238 e. The van der Waals surface area contributed by atoms with E-state index >= 15 is 0 Å². The molecule has 11 nitrogen and oxygen atoms in total. The van der Waals surface area contributed by atoms with Crippen LogP contribution in [0.25, 0.3) is 22.3 Å². The monoisotopic (exact) mass is 678 g/mol. The number of anilines is 3. The van der Waals surface area contributed by atoms with Gasteiger partial charge in [-0.25, -0.2) is 15.0 Å². The number of carbonyl (C=O) groups is 2. The van der Waals surface area contributed by atoms with Crippen LogP contribution in [0.5, 0.6) is 0 Å². The van der Waals surface area contributed by atoms with Crippen molar-refractivity contribution >= 4 is 40.0 Å². The van der Waals surface area contributed by atoms with Crippen molar-refractivity contribution in [2.45, 2.75) is 95.0 Å². The minimum atomic E-state index is -0.652. The molecular weight excluding hydrogens is 635 g/mol. The molecule has 1 spiro atoms. The highest BCUT2D eigenvalue weighted by Gasteiger charge is 2.56. The molecule has 4 aromatic rings. The Hall–Kier alpha value is -4.42. The number of nitrogens with one attached hydrogen (secondary N) is 1. The maximum absolute atomic E-state index is 14.8. The lowest BCUT2D eigenvalue weighted by Crippen LogP contribution is -2.60. The molecule has 1 aromatic carbocycles. The summed E-state index contributed by atoms with van der Waals surface area (Å²) >= 11 is 0. The van der Waals surface area contributed by atoms with E-state index in [0.717, 1.165) is 66.6 Å². The molecule has 9 rings (SSSR count). The van der Waals surface area contributed by atoms with E-state index in [0.29, 0.717) is 55.7 Å². The fourth-order valence-corrected chi connectivity index (χ4v) is 9.11. The number of amides is 2. The first-order valence-corrected chi connectivity index (χ1v) is 18.1. The topological polar surface area (TPSA) is 109 Å². The van der Waals surface area contributed by atoms with Crippen molar-refractivity contribution in [2.75, 3.05) is 36.4 Å². The third kappa shape index (κ3) is 5.01. The Labute approximate surface area is 290 Å². The fraction of sp³-hybridized carbons (Fsp3) is 0.500. The summed E-state index contributed by atoms with van der Waals surface area (Å²) in [5, 5.41) is 3.20. The second-order valence-corrected chi connectivity index (χ2v) is 15.1. The lowest BCUT2D eigenvalue weighted by Gasteiger charge is -2.49. The molecule has 5 aliphatic rings. The zero-order valence-corrected chi connectivity index (χ0v) is 28.8. The van der Waals surface area contributed by atoms with Gasteiger partial charge in [-0.2, -0.15) is 4.39 Å². The minimum absolute atomic E-state index is 0.0518. The second kappa shape index (κ2) is 11.8. The number of rotatable bonds is 6. The number of benzene rings is 1. The van der Waals surface area contributed by atoms with Gasteiger partial charge in [0.25, 0.3) is 0 Å². The Morgan fingerprint density at radius 2 is 1.80 bits per heavy atom. The first-order chi connectivity index (χ1) is 24.2. The number of fused-ring (bicyclic) bond motifs is 5. The molecule has 7 heterocycles. The molecule has 12 heteroatoms. The fourth-order valence-electron chi connectivity index (χ4n) is 9.11. The van der Waals surface area contributed by atoms with Crippen LogP contribution >= 0.6 is 0 Å². The first kappa shape index (κ1) is 31.6. The van der Waals surface area contributed by atoms with Crippen LogP contribution in [0.4, 0.5) is 21.6 Å². The number of morpholine rings is 1. The van der Waals surface area contributed by atoms with Gasteiger partial charge in [-0.05, 0) is 82.2 Å². The van der Waals surface area contributed by atoms with Crippen LogP contribution in [-0.4, -0.2) is 91.6 Å². The molecule has 2 unspecified atom stereocenters. The largest absolute Gasteiger partial charge is 0.372 e. The predicted molar refractivity (Wildman–Crippen MR) is 188 cm³/mol. The van der Waals surface area contributed by atoms with Gasteiger partial charge in [0.2, 0.25) is 17.8 Å². The lowest BCUT2D eigenvalue weighted by molar-refractivity contribution is -0.134. The highest BCUT2D eigenvalue weighted by Crippen LogP contribution is 2.52. The third-order valence-electron chi connectivity index (χ3n) is 11.9. The van der Waals surface area contributed by atoms with E-state index in [1.54, 1.807) is 25.4 Å². The highest BCUT2D eigenvalue weighted by atomic mass is 19.1. The number of likely N-dealkylation sites (tertiary alicyclic amines) is 2. The Balaban J connectivity index is 1.09. The molecule has 2 bridgehead atoms. The molecule has 0 radical (unpaired) electrons. The molecule has 2 amide bonds. The average Bonchev–Trinajstić information content (AvgIpc) is 3.74. The Bertz CT molecular complexity index is 1990. The van der Waals surface area contributed by atoms with Gasteiger partial charge in [0.15, 0.2) is 5.82 Å². The van der Waals surface area contributed by atoms with E-state index in [9.17, 15) is 14.0 Å². The van der Waals surface area contributed by atoms with E-state index in [2.05, 4.69) is 46.1 Å². The quantitative estimate of drug-likeness (QED) is 0.264. The number of carbonyl (C=O) groups excluding carboxylic acids is 2. The molecule has 4 fully saturated rings. The third-order valence-corrected chi connectivity index (χ3v) is 11.9. The Morgan fingerprint density at radius 3 is 2.50 bits per heavy atom. The molecule has 1 saturated carbocycles. The Morgan fingerprint density at radius 1 is 1.04 bits per heavy atom. The van der Waals surface area contributed by atoms with Crippen molar-refractivity contribution in [1.82, 2.24) is 29.3 Å². The van der Waals surface area contributed by atoms with Crippen LogP contribution in [0, 0.1) is 5.95 Å². The van der Waals surface area contributed by atoms with Crippen molar-refractivity contribution < 1.29 is 18.7 Å². The normalized spacial score (nSPS) is 25.8. The van der Waals surface area contributed by atoms with Crippen molar-refractivity contribution in [3.05, 3.63) is 60.4 Å². The number of halogens is 1. The molecule has 3 saturated heterocycles. The number of imidazole rings is 1. The van der Waals surface area contributed by atoms with Crippen molar-refractivity contribution in [3.63, 3.8) is 0 Å². The van der Waals surface area contributed by atoms with Gasteiger partial charge in [-0.15, -0.1) is 0 Å². The van der Waals surface area contributed by atoms with Crippen molar-refractivity contribution in [1.29, 1.82) is 0 Å². The van der Waals surface area contributed by atoms with E-state index in [-0.39, 0.29) is 29.6 Å². The number of piperidine rings is 1. The number of pyridine rings is 2. The first-order valence-electron chi connectivity index (χ1n) is 18.1. The van der Waals surface area contributed by atoms with E-state index in [4.69, 9.17) is 14.7 Å². The predicted octanol–water partition coefficient (Wildman–Crippen LogP) is 5.58. The molecule has 1 aliphatic carbocycles. The van der Waals surface area contributed by atoms with Crippen molar-refractivity contribution in [2.24, 2.45) is 0 Å². The average molecular weight is 679 g/mol. The smallest absolute Gasteiger partial charge is 0.238 e. The number of aromatic nitrogens is 4. The SMILES string of the molecule is CC(=O)N1CCC2(CC1)C(=O)N(C1CC(N3CC4CCC(C3)O4)C1)c1cc(-c3cc4ncn(C(C)C)c4c(Nc4cccnc4F)n3)ccc12. The van der Waals surface area contributed by atoms with Gasteiger partial charge in [0.1, 0.15) is 5.52 Å². The summed E-state index contributed by atoms with van der Waals surface area (Å²) in [4.78, 5) is 47.1. The van der Waals surface area contributed by atoms with Gasteiger partial charge in [-0.3, -0.25) is 14.5 Å². The van der Waals surface area contributed by atoms with Gasteiger partial charge < -0.3 is 24.4 Å². The van der Waals surface area contributed by atoms with E-state index in [1.807, 2.05) is 21.6 Å². The highest BCUT2D eigenvalue weighted by molar-refractivity contribution is 6.09. The number of hydrogen-bond acceptors (Lipinski definition) is 8. The maximum atomic E-state index is 14.8. The van der Waals surface area contributed by atoms with Crippen LogP contribution in [0.3, 0.4) is 0 Å². The van der Waals surface area contributed by atoms with Gasteiger partial charge in [0.05, 0.1) is 40.8 Å². The summed E-state index contributed by atoms with van der Waals surface area (Å²) in [5.74, 6) is 0.0843. The van der Waals surface area contributed by atoms with Crippen LogP contribution in [0.2, 0.25) is 0 Å². The molecule has 1 N–H and O–H groups in total. The summed E-state index contributed by atoms with van der Waals surface area (Å²) in [6, 6.07) is 12.2. The number of nitrogens with zero attached hydrogens (tertiary/aromatic N) is 7. The molecule has 3 aromatic heterocycles. The summed E-state index contributed by atoms with van der Waals surface area (Å²) < 4.78 is 22.9. The Kier molecular flexibility index (Phi) is 7.47. The number of ether oxygens (including phenoxy) is 1. The summed E-state index contributed by atoms with van der Waals surface area (Å²) in [7, 11) is 0. The van der Waals surface area contributed by atoms with Crippen LogP contribution in [0.15, 0.2) is 48.9 Å². The standard InChI is InChI=1S/C38H43FN8O3/c1-22(2)46-21-41-32-18-31(43-36(34(32)46)42-30-5-4-12-40-35(30)39)24-6-9-29-33(15-24)47(37(49)38(29)10-13-44(14-11-38)23(3)48)26-16-25(17-26)45-19-27-7-8-28(20-45)50-27/h4-6,9,12,15,18,21-22,25-28H,7-8,10-11,13-14,16-17,19-20H2,1-3H3,(H,42,43). The van der Waals surface area contributed by atoms with E-state index in [1.165, 1.54) is 6.20 Å². The van der Waals surface area contributed by atoms with Gasteiger partial charge >= 0.3 is 0 Å². The molecule has 50 heavy (non-hydrogen) atoms. The second-order valence-electron chi connectivity index (χ2n) is 15.1. The summed E-state index contributed by atoms with van der Waals surface area (Å²) in [6.45, 7) is 8.84. The zero-order valence-electron chi connectivity index (χ0n) is 28.8. The van der Waals surface area contributed by atoms with Crippen LogP contribution < -0.4 is 10.2 Å². The zero-order chi connectivity index (χ0) is 34.3. The summed E-state index contributed by atoms with van der Waals surface area (Å²) in [5.41, 5.74) is 4.61. The van der Waals surface area contributed by atoms with Gasteiger partial charge in [0, 0.05) is 68.7 Å². The molecular formula is C38H43FN8O3. The minimum Gasteiger partial charge on any atom is -0.372 e. The van der Waals surface area contributed by atoms with Gasteiger partial charge in [-0.1, -0.05) is 12.1 Å². The lowest BCUT2D eigenvalue weighted by atomic mass is 9.73. The molecule has 4 aliphatic heterocycles. The van der Waals surface area contributed by atoms with Crippen LogP contribution in [-0.2, 0) is 19.7 Å². The molecule has 2 atom stereocenters.